The van der Waals surface area contributed by atoms with Crippen LogP contribution < -0.4 is 10.1 Å². The zero-order valence-corrected chi connectivity index (χ0v) is 19.8. The van der Waals surface area contributed by atoms with Gasteiger partial charge in [-0.3, -0.25) is 4.79 Å². The molecule has 0 aromatic heterocycles. The van der Waals surface area contributed by atoms with Crippen LogP contribution in [0.2, 0.25) is 0 Å². The number of rotatable bonds is 7. The third-order valence-corrected chi connectivity index (χ3v) is 4.61. The second-order valence-electron chi connectivity index (χ2n) is 7.27. The molecule has 0 aliphatic carbocycles. The topological polar surface area (TPSA) is 63.2 Å². The Bertz CT molecular complexity index is 629. The van der Waals surface area contributed by atoms with Gasteiger partial charge in [0, 0.05) is 25.2 Å². The smallest absolute Gasteiger partial charge is 0.308 e. The number of likely N-dealkylation sites (tertiary alicyclic amines) is 1. The van der Waals surface area contributed by atoms with Crippen molar-refractivity contribution < 1.29 is 14.3 Å². The second kappa shape index (κ2) is 12.9. The van der Waals surface area contributed by atoms with E-state index in [0.29, 0.717) is 19.1 Å². The van der Waals surface area contributed by atoms with Crippen LogP contribution in [-0.4, -0.2) is 50.2 Å². The fraction of sp³-hybridized carbons (Fsp3) is 0.619. The first-order chi connectivity index (χ1) is 13.0. The minimum Gasteiger partial charge on any atom is -0.493 e. The quantitative estimate of drug-likeness (QED) is 0.266. The predicted molar refractivity (Wildman–Crippen MR) is 123 cm³/mol. The van der Waals surface area contributed by atoms with Gasteiger partial charge in [-0.05, 0) is 31.7 Å². The number of hydrogen-bond acceptors (Lipinski definition) is 4. The standard InChI is InChI=1S/C21H33N3O3.HI/c1-5-22-21(24-12-10-17(11-13-24)20(25)26-4)23-14-18-8-6-7-9-19(18)27-15-16(2)3;/h6-9,16-17H,5,10-15H2,1-4H3,(H,22,23);1H. The lowest BCUT2D eigenvalue weighted by Gasteiger charge is -2.33. The molecule has 0 bridgehead atoms. The molecule has 6 nitrogen and oxygen atoms in total. The zero-order chi connectivity index (χ0) is 19.6. The van der Waals surface area contributed by atoms with Crippen LogP contribution in [-0.2, 0) is 16.1 Å². The number of esters is 1. The molecule has 1 aliphatic heterocycles. The van der Waals surface area contributed by atoms with Crippen LogP contribution >= 0.6 is 24.0 Å². The number of carbonyl (C=O) groups is 1. The maximum Gasteiger partial charge on any atom is 0.308 e. The van der Waals surface area contributed by atoms with E-state index in [-0.39, 0.29) is 35.9 Å². The lowest BCUT2D eigenvalue weighted by molar-refractivity contribution is -0.146. The molecule has 1 heterocycles. The van der Waals surface area contributed by atoms with Crippen LogP contribution in [0.3, 0.4) is 0 Å². The summed E-state index contributed by atoms with van der Waals surface area (Å²) >= 11 is 0. The third kappa shape index (κ3) is 7.48. The zero-order valence-electron chi connectivity index (χ0n) is 17.4. The summed E-state index contributed by atoms with van der Waals surface area (Å²) in [6, 6.07) is 8.07. The Morgan fingerprint density at radius 3 is 2.57 bits per heavy atom. The first-order valence-corrected chi connectivity index (χ1v) is 9.86. The number of piperidine rings is 1. The Morgan fingerprint density at radius 1 is 1.29 bits per heavy atom. The molecule has 1 aromatic carbocycles. The Balaban J connectivity index is 0.00000392. The lowest BCUT2D eigenvalue weighted by Crippen LogP contribution is -2.46. The summed E-state index contributed by atoms with van der Waals surface area (Å²) in [5, 5.41) is 3.37. The molecule has 1 aliphatic rings. The van der Waals surface area contributed by atoms with Crippen molar-refractivity contribution in [3.05, 3.63) is 29.8 Å². The highest BCUT2D eigenvalue weighted by molar-refractivity contribution is 14.0. The summed E-state index contributed by atoms with van der Waals surface area (Å²) < 4.78 is 10.8. The molecule has 28 heavy (non-hydrogen) atoms. The summed E-state index contributed by atoms with van der Waals surface area (Å²) in [4.78, 5) is 18.8. The molecule has 0 unspecified atom stereocenters. The summed E-state index contributed by atoms with van der Waals surface area (Å²) in [5.41, 5.74) is 1.08. The average Bonchev–Trinajstić information content (AvgIpc) is 2.69. The number of para-hydroxylation sites is 1. The van der Waals surface area contributed by atoms with Crippen LogP contribution in [0.4, 0.5) is 0 Å². The van der Waals surface area contributed by atoms with E-state index >= 15 is 0 Å². The number of carbonyl (C=O) groups excluding carboxylic acids is 1. The molecule has 0 amide bonds. The number of nitrogens with zero attached hydrogens (tertiary/aromatic N) is 2. The van der Waals surface area contributed by atoms with E-state index in [1.807, 2.05) is 18.2 Å². The van der Waals surface area contributed by atoms with Crippen molar-refractivity contribution >= 4 is 35.9 Å². The lowest BCUT2D eigenvalue weighted by atomic mass is 9.97. The summed E-state index contributed by atoms with van der Waals surface area (Å²) in [6.45, 7) is 10.0. The van der Waals surface area contributed by atoms with E-state index in [4.69, 9.17) is 14.5 Å². The minimum atomic E-state index is -0.104. The molecular formula is C21H34IN3O3. The fourth-order valence-corrected chi connectivity index (χ4v) is 3.11. The van der Waals surface area contributed by atoms with Gasteiger partial charge in [0.05, 0.1) is 26.2 Å². The average molecular weight is 503 g/mol. The van der Waals surface area contributed by atoms with E-state index in [0.717, 1.165) is 49.7 Å². The van der Waals surface area contributed by atoms with Crippen LogP contribution in [0, 0.1) is 11.8 Å². The molecule has 0 atom stereocenters. The first kappa shape index (κ1) is 24.5. The number of guanidine groups is 1. The highest BCUT2D eigenvalue weighted by Crippen LogP contribution is 2.21. The Morgan fingerprint density at radius 2 is 1.96 bits per heavy atom. The first-order valence-electron chi connectivity index (χ1n) is 9.86. The maximum atomic E-state index is 11.7. The van der Waals surface area contributed by atoms with Crippen molar-refractivity contribution in [2.75, 3.05) is 33.4 Å². The molecule has 1 aromatic rings. The van der Waals surface area contributed by atoms with E-state index in [2.05, 4.69) is 37.1 Å². The molecule has 1 N–H and O–H groups in total. The van der Waals surface area contributed by atoms with Crippen molar-refractivity contribution in [1.82, 2.24) is 10.2 Å². The Hall–Kier alpha value is -1.51. The summed E-state index contributed by atoms with van der Waals surface area (Å²) in [5.74, 6) is 2.16. The number of ether oxygens (including phenoxy) is 2. The van der Waals surface area contributed by atoms with Crippen molar-refractivity contribution in [3.63, 3.8) is 0 Å². The van der Waals surface area contributed by atoms with Gasteiger partial charge < -0.3 is 19.7 Å². The van der Waals surface area contributed by atoms with Crippen LogP contribution in [0.15, 0.2) is 29.3 Å². The van der Waals surface area contributed by atoms with Crippen molar-refractivity contribution in [2.24, 2.45) is 16.8 Å². The van der Waals surface area contributed by atoms with Crippen molar-refractivity contribution in [1.29, 1.82) is 0 Å². The van der Waals surface area contributed by atoms with Crippen LogP contribution in [0.1, 0.15) is 39.2 Å². The molecule has 1 saturated heterocycles. The number of hydrogen-bond donors (Lipinski definition) is 1. The number of nitrogens with one attached hydrogen (secondary N) is 1. The van der Waals surface area contributed by atoms with Gasteiger partial charge in [-0.1, -0.05) is 32.0 Å². The van der Waals surface area contributed by atoms with Gasteiger partial charge in [0.1, 0.15) is 5.75 Å². The predicted octanol–water partition coefficient (Wildman–Crippen LogP) is 3.69. The highest BCUT2D eigenvalue weighted by atomic mass is 127. The largest absolute Gasteiger partial charge is 0.493 e. The highest BCUT2D eigenvalue weighted by Gasteiger charge is 2.26. The summed E-state index contributed by atoms with van der Waals surface area (Å²) in [7, 11) is 1.46. The van der Waals surface area contributed by atoms with Gasteiger partial charge in [-0.15, -0.1) is 24.0 Å². The third-order valence-electron chi connectivity index (χ3n) is 4.61. The molecule has 2 rings (SSSR count). The number of benzene rings is 1. The molecular weight excluding hydrogens is 469 g/mol. The Kier molecular flexibility index (Phi) is 11.3. The number of aliphatic imine (C=N–C) groups is 1. The van der Waals surface area contributed by atoms with E-state index in [1.54, 1.807) is 0 Å². The summed E-state index contributed by atoms with van der Waals surface area (Å²) in [6.07, 6.45) is 1.59. The van der Waals surface area contributed by atoms with Gasteiger partial charge >= 0.3 is 5.97 Å². The monoisotopic (exact) mass is 503 g/mol. The van der Waals surface area contributed by atoms with Crippen LogP contribution in [0.25, 0.3) is 0 Å². The van der Waals surface area contributed by atoms with E-state index in [9.17, 15) is 4.79 Å². The van der Waals surface area contributed by atoms with Gasteiger partial charge in [0.15, 0.2) is 5.96 Å². The minimum absolute atomic E-state index is 0. The number of halogens is 1. The van der Waals surface area contributed by atoms with Gasteiger partial charge in [-0.2, -0.15) is 0 Å². The molecule has 158 valence electrons. The number of methoxy groups -OCH3 is 1. The molecule has 7 heteroatoms. The van der Waals surface area contributed by atoms with E-state index in [1.165, 1.54) is 7.11 Å². The molecule has 0 saturated carbocycles. The van der Waals surface area contributed by atoms with Crippen LogP contribution in [0.5, 0.6) is 5.75 Å². The van der Waals surface area contributed by atoms with Crippen molar-refractivity contribution in [2.45, 2.75) is 40.2 Å². The van der Waals surface area contributed by atoms with Gasteiger partial charge in [0.25, 0.3) is 0 Å². The second-order valence-corrected chi connectivity index (χ2v) is 7.27. The molecule has 1 fully saturated rings. The molecule has 0 spiro atoms. The van der Waals surface area contributed by atoms with Crippen molar-refractivity contribution in [3.8, 4) is 5.75 Å². The normalized spacial score (nSPS) is 15.2. The fourth-order valence-electron chi connectivity index (χ4n) is 3.11. The molecule has 0 radical (unpaired) electrons. The van der Waals surface area contributed by atoms with E-state index < -0.39 is 0 Å². The van der Waals surface area contributed by atoms with Gasteiger partial charge in [-0.25, -0.2) is 4.99 Å². The maximum absolute atomic E-state index is 11.7. The Labute approximate surface area is 186 Å². The SMILES string of the molecule is CCNC(=NCc1ccccc1OCC(C)C)N1CCC(C(=O)OC)CC1.I. The van der Waals surface area contributed by atoms with Gasteiger partial charge in [0.2, 0.25) is 0 Å².